The van der Waals surface area contributed by atoms with Gasteiger partial charge in [0, 0.05) is 11.4 Å². The van der Waals surface area contributed by atoms with Crippen molar-refractivity contribution >= 4 is 28.1 Å². The Morgan fingerprint density at radius 3 is 2.80 bits per heavy atom. The van der Waals surface area contributed by atoms with Crippen LogP contribution in [0.3, 0.4) is 0 Å². The van der Waals surface area contributed by atoms with E-state index >= 15 is 0 Å². The number of hydrogen-bond acceptors (Lipinski definition) is 3. The van der Waals surface area contributed by atoms with Crippen molar-refractivity contribution in [2.24, 2.45) is 0 Å². The van der Waals surface area contributed by atoms with E-state index in [4.69, 9.17) is 4.98 Å². The molecule has 130 valence electrons. The maximum Gasteiger partial charge on any atom is 0.252 e. The molecule has 1 N–H and O–H groups in total. The van der Waals surface area contributed by atoms with E-state index in [0.29, 0.717) is 5.56 Å². The predicted molar refractivity (Wildman–Crippen MR) is 106 cm³/mol. The summed E-state index contributed by atoms with van der Waals surface area (Å²) in [5.41, 5.74) is 2.42. The van der Waals surface area contributed by atoms with Crippen molar-refractivity contribution in [3.05, 3.63) is 53.4 Å². The van der Waals surface area contributed by atoms with Gasteiger partial charge >= 0.3 is 0 Å². The number of benzene rings is 1. The quantitative estimate of drug-likeness (QED) is 0.557. The van der Waals surface area contributed by atoms with Crippen LogP contribution in [0.4, 0.5) is 0 Å². The number of amides is 1. The first kappa shape index (κ1) is 17.6. The Kier molecular flexibility index (Phi) is 5.82. The lowest BCUT2D eigenvalue weighted by Crippen LogP contribution is -2.32. The molecule has 0 aliphatic heterocycles. The van der Waals surface area contributed by atoms with Crippen LogP contribution in [0, 0.1) is 0 Å². The van der Waals surface area contributed by atoms with Crippen LogP contribution in [0.2, 0.25) is 0 Å². The number of nitrogens with one attached hydrogen (secondary N) is 1. The Balaban J connectivity index is 1.90. The molecule has 3 rings (SSSR count). The highest BCUT2D eigenvalue weighted by Crippen LogP contribution is 2.28. The zero-order valence-corrected chi connectivity index (χ0v) is 15.6. The van der Waals surface area contributed by atoms with Gasteiger partial charge in [-0.1, -0.05) is 50.5 Å². The fourth-order valence-corrected chi connectivity index (χ4v) is 3.67. The van der Waals surface area contributed by atoms with Gasteiger partial charge in [0.15, 0.2) is 0 Å². The third-order valence-corrected chi connectivity index (χ3v) is 5.24. The van der Waals surface area contributed by atoms with Gasteiger partial charge in [0.1, 0.15) is 0 Å². The van der Waals surface area contributed by atoms with E-state index in [1.165, 1.54) is 12.8 Å². The first-order chi connectivity index (χ1) is 12.2. The van der Waals surface area contributed by atoms with E-state index in [2.05, 4.69) is 19.2 Å². The Morgan fingerprint density at radius 1 is 1.20 bits per heavy atom. The third-order valence-electron chi connectivity index (χ3n) is 4.35. The van der Waals surface area contributed by atoms with Gasteiger partial charge in [0.25, 0.3) is 5.91 Å². The molecule has 25 heavy (non-hydrogen) atoms. The molecule has 0 saturated heterocycles. The number of fused-ring (bicyclic) bond motifs is 1. The largest absolute Gasteiger partial charge is 0.350 e. The smallest absolute Gasteiger partial charge is 0.252 e. The summed E-state index contributed by atoms with van der Waals surface area (Å²) in [4.78, 5) is 18.7. The van der Waals surface area contributed by atoms with Gasteiger partial charge in [-0.15, -0.1) is 11.3 Å². The molecule has 2 aromatic heterocycles. The van der Waals surface area contributed by atoms with Gasteiger partial charge in [-0.25, -0.2) is 4.98 Å². The van der Waals surface area contributed by atoms with Crippen molar-refractivity contribution in [3.8, 4) is 10.6 Å². The van der Waals surface area contributed by atoms with Crippen LogP contribution in [0.1, 0.15) is 49.9 Å². The van der Waals surface area contributed by atoms with Gasteiger partial charge in [0.2, 0.25) is 0 Å². The number of nitrogens with zero attached hydrogens (tertiary/aromatic N) is 1. The standard InChI is InChI=1S/C21H24N2OS/c1-3-4-5-9-15(2)22-21(24)17-14-19(20-12-8-13-25-20)23-18-11-7-6-10-16(17)18/h6-8,10-15H,3-5,9H2,1-2H3,(H,22,24)/t15-/m1/s1. The van der Waals surface area contributed by atoms with Gasteiger partial charge < -0.3 is 5.32 Å². The van der Waals surface area contributed by atoms with Gasteiger partial charge in [-0.3, -0.25) is 4.79 Å². The third kappa shape index (κ3) is 4.26. The lowest BCUT2D eigenvalue weighted by molar-refractivity contribution is 0.0939. The second-order valence-electron chi connectivity index (χ2n) is 6.42. The number of pyridine rings is 1. The van der Waals surface area contributed by atoms with E-state index < -0.39 is 0 Å². The molecule has 0 saturated carbocycles. The molecule has 3 aromatic rings. The van der Waals surface area contributed by atoms with Crippen LogP contribution in [0.15, 0.2) is 47.8 Å². The van der Waals surface area contributed by atoms with Crippen molar-refractivity contribution < 1.29 is 4.79 Å². The summed E-state index contributed by atoms with van der Waals surface area (Å²) in [7, 11) is 0. The highest BCUT2D eigenvalue weighted by atomic mass is 32.1. The molecular formula is C21H24N2OS. The normalized spacial score (nSPS) is 12.2. The minimum absolute atomic E-state index is 0.0135. The molecule has 4 heteroatoms. The van der Waals surface area contributed by atoms with E-state index in [0.717, 1.165) is 34.3 Å². The highest BCUT2D eigenvalue weighted by molar-refractivity contribution is 7.13. The number of thiophene rings is 1. The van der Waals surface area contributed by atoms with Crippen LogP contribution in [-0.4, -0.2) is 16.9 Å². The van der Waals surface area contributed by atoms with Crippen molar-refractivity contribution in [3.63, 3.8) is 0 Å². The van der Waals surface area contributed by atoms with Crippen LogP contribution in [0.25, 0.3) is 21.5 Å². The molecule has 1 amide bonds. The summed E-state index contributed by atoms with van der Waals surface area (Å²) in [5.74, 6) is -0.0135. The Hall–Kier alpha value is -2.20. The highest BCUT2D eigenvalue weighted by Gasteiger charge is 2.16. The minimum atomic E-state index is -0.0135. The molecule has 0 bridgehead atoms. The summed E-state index contributed by atoms with van der Waals surface area (Å²) in [5, 5.41) is 6.09. The topological polar surface area (TPSA) is 42.0 Å². The van der Waals surface area contributed by atoms with Crippen LogP contribution < -0.4 is 5.32 Å². The molecule has 0 aliphatic rings. The maximum absolute atomic E-state index is 12.9. The Labute approximate surface area is 153 Å². The van der Waals surface area contributed by atoms with Crippen molar-refractivity contribution in [1.82, 2.24) is 10.3 Å². The lowest BCUT2D eigenvalue weighted by Gasteiger charge is -2.15. The van der Waals surface area contributed by atoms with Gasteiger partial charge in [-0.05, 0) is 36.9 Å². The van der Waals surface area contributed by atoms with Crippen molar-refractivity contribution in [2.45, 2.75) is 45.6 Å². The zero-order chi connectivity index (χ0) is 17.6. The molecule has 0 fully saturated rings. The monoisotopic (exact) mass is 352 g/mol. The second kappa shape index (κ2) is 8.26. The predicted octanol–water partition coefficient (Wildman–Crippen LogP) is 5.66. The number of carbonyl (C=O) groups excluding carboxylic acids is 1. The first-order valence-corrected chi connectivity index (χ1v) is 9.81. The Morgan fingerprint density at radius 2 is 2.04 bits per heavy atom. The SMILES string of the molecule is CCCCC[C@@H](C)NC(=O)c1cc(-c2cccs2)nc2ccccc12. The lowest BCUT2D eigenvalue weighted by atomic mass is 10.0. The van der Waals surface area contributed by atoms with Gasteiger partial charge in [-0.2, -0.15) is 0 Å². The molecule has 0 aliphatic carbocycles. The van der Waals surface area contributed by atoms with Gasteiger partial charge in [0.05, 0.1) is 21.7 Å². The van der Waals surface area contributed by atoms with E-state index in [9.17, 15) is 4.79 Å². The molecule has 1 aromatic carbocycles. The summed E-state index contributed by atoms with van der Waals surface area (Å²) in [6.45, 7) is 4.27. The average molecular weight is 353 g/mol. The number of unbranched alkanes of at least 4 members (excludes halogenated alkanes) is 2. The van der Waals surface area contributed by atoms with Crippen LogP contribution in [-0.2, 0) is 0 Å². The molecule has 0 unspecified atom stereocenters. The molecule has 3 nitrogen and oxygen atoms in total. The second-order valence-corrected chi connectivity index (χ2v) is 7.37. The molecule has 1 atom stereocenters. The summed E-state index contributed by atoms with van der Waals surface area (Å²) in [6.07, 6.45) is 4.57. The number of rotatable bonds is 7. The molecule has 0 spiro atoms. The van der Waals surface area contributed by atoms with E-state index in [-0.39, 0.29) is 11.9 Å². The fourth-order valence-electron chi connectivity index (χ4n) is 2.99. The van der Waals surface area contributed by atoms with Crippen molar-refractivity contribution in [2.75, 3.05) is 0 Å². The fraction of sp³-hybridized carbons (Fsp3) is 0.333. The Bertz CT molecular complexity index is 842. The van der Waals surface area contributed by atoms with Crippen LogP contribution >= 0.6 is 11.3 Å². The molecule has 0 radical (unpaired) electrons. The summed E-state index contributed by atoms with van der Waals surface area (Å²) in [6, 6.07) is 14.0. The van der Waals surface area contributed by atoms with E-state index in [1.807, 2.05) is 47.8 Å². The number of para-hydroxylation sites is 1. The number of aromatic nitrogens is 1. The summed E-state index contributed by atoms with van der Waals surface area (Å²) >= 11 is 1.64. The zero-order valence-electron chi connectivity index (χ0n) is 14.8. The molecular weight excluding hydrogens is 328 g/mol. The minimum Gasteiger partial charge on any atom is -0.350 e. The van der Waals surface area contributed by atoms with E-state index in [1.54, 1.807) is 11.3 Å². The first-order valence-electron chi connectivity index (χ1n) is 8.93. The van der Waals surface area contributed by atoms with Crippen molar-refractivity contribution in [1.29, 1.82) is 0 Å². The summed E-state index contributed by atoms with van der Waals surface area (Å²) < 4.78 is 0. The molecule has 2 heterocycles. The number of hydrogen-bond donors (Lipinski definition) is 1. The maximum atomic E-state index is 12.9. The van der Waals surface area contributed by atoms with Crippen LogP contribution in [0.5, 0.6) is 0 Å². The average Bonchev–Trinajstić information content (AvgIpc) is 3.15. The number of carbonyl (C=O) groups is 1.